The molecule has 12 heavy (non-hydrogen) atoms. The molecule has 0 amide bonds. The molecule has 0 unspecified atom stereocenters. The molecule has 62 valence electrons. The van der Waals surface area contributed by atoms with Crippen molar-refractivity contribution >= 4 is 22.7 Å². The second kappa shape index (κ2) is 2.04. The minimum Gasteiger partial charge on any atom is -0.399 e. The zero-order valence-corrected chi connectivity index (χ0v) is 6.36. The zero-order chi connectivity index (χ0) is 8.72. The van der Waals surface area contributed by atoms with Gasteiger partial charge in [-0.1, -0.05) is 0 Å². The Morgan fingerprint density at radius 3 is 2.75 bits per heavy atom. The first-order chi connectivity index (χ1) is 5.68. The summed E-state index contributed by atoms with van der Waals surface area (Å²) in [7, 11) is 0. The fourth-order valence-corrected chi connectivity index (χ4v) is 1.13. The van der Waals surface area contributed by atoms with Gasteiger partial charge in [0.1, 0.15) is 0 Å². The average molecular weight is 163 g/mol. The Bertz CT molecular complexity index is 431. The van der Waals surface area contributed by atoms with E-state index in [4.69, 9.17) is 17.3 Å². The van der Waals surface area contributed by atoms with E-state index in [1.165, 1.54) is 4.68 Å². The van der Waals surface area contributed by atoms with E-state index in [9.17, 15) is 0 Å². The van der Waals surface area contributed by atoms with Crippen LogP contribution in [-0.4, -0.2) is 9.66 Å². The summed E-state index contributed by atoms with van der Waals surface area (Å²) in [6, 6.07) is 5.28. The number of fused-ring (bicyclic) bond motifs is 1. The number of nitrogen functional groups attached to an aromatic ring is 3. The summed E-state index contributed by atoms with van der Waals surface area (Å²) in [5.74, 6) is 5.87. The van der Waals surface area contributed by atoms with E-state index in [0.29, 0.717) is 5.69 Å². The molecule has 0 saturated heterocycles. The lowest BCUT2D eigenvalue weighted by Gasteiger charge is -1.96. The molecule has 2 aromatic rings. The van der Waals surface area contributed by atoms with Crippen LogP contribution >= 0.6 is 0 Å². The van der Waals surface area contributed by atoms with Gasteiger partial charge in [-0.2, -0.15) is 0 Å². The lowest BCUT2D eigenvalue weighted by atomic mass is 10.3. The first-order valence-electron chi connectivity index (χ1n) is 3.47. The molecular weight excluding hydrogens is 154 g/mol. The van der Waals surface area contributed by atoms with Gasteiger partial charge in [0.15, 0.2) is 0 Å². The lowest BCUT2D eigenvalue weighted by Crippen LogP contribution is -2.11. The van der Waals surface area contributed by atoms with Gasteiger partial charge in [-0.3, -0.25) is 0 Å². The summed E-state index contributed by atoms with van der Waals surface area (Å²) >= 11 is 0. The van der Waals surface area contributed by atoms with Crippen LogP contribution in [0, 0.1) is 0 Å². The van der Waals surface area contributed by atoms with Crippen LogP contribution in [0.15, 0.2) is 18.2 Å². The summed E-state index contributed by atoms with van der Waals surface area (Å²) in [4.78, 5) is 4.01. The number of nitrogens with zero attached hydrogens (tertiary/aromatic N) is 2. The number of aromatic nitrogens is 2. The van der Waals surface area contributed by atoms with Crippen LogP contribution in [0.4, 0.5) is 11.6 Å². The van der Waals surface area contributed by atoms with Crippen molar-refractivity contribution in [1.29, 1.82) is 0 Å². The first-order valence-corrected chi connectivity index (χ1v) is 3.47. The van der Waals surface area contributed by atoms with Crippen LogP contribution in [0.25, 0.3) is 11.0 Å². The monoisotopic (exact) mass is 163 g/mol. The summed E-state index contributed by atoms with van der Waals surface area (Å²) in [5, 5.41) is 0. The second-order valence-electron chi connectivity index (χ2n) is 2.59. The average Bonchev–Trinajstić information content (AvgIpc) is 2.31. The van der Waals surface area contributed by atoms with Gasteiger partial charge in [-0.15, -0.1) is 0 Å². The molecule has 6 N–H and O–H groups in total. The molecule has 5 nitrogen and oxygen atoms in total. The lowest BCUT2D eigenvalue weighted by molar-refractivity contribution is 1.06. The molecule has 1 aromatic heterocycles. The highest BCUT2D eigenvalue weighted by molar-refractivity contribution is 5.81. The molecule has 1 heterocycles. The normalized spacial score (nSPS) is 10.7. The van der Waals surface area contributed by atoms with Gasteiger partial charge >= 0.3 is 0 Å². The van der Waals surface area contributed by atoms with E-state index < -0.39 is 0 Å². The number of hydrogen-bond acceptors (Lipinski definition) is 4. The van der Waals surface area contributed by atoms with Gasteiger partial charge in [0.05, 0.1) is 11.0 Å². The maximum atomic E-state index is 5.58. The highest BCUT2D eigenvalue weighted by Gasteiger charge is 2.04. The van der Waals surface area contributed by atoms with Crippen LogP contribution in [0.5, 0.6) is 0 Å². The first kappa shape index (κ1) is 6.78. The van der Waals surface area contributed by atoms with Crippen molar-refractivity contribution < 1.29 is 0 Å². The third kappa shape index (κ3) is 0.763. The smallest absolute Gasteiger partial charge is 0.220 e. The molecule has 0 bridgehead atoms. The van der Waals surface area contributed by atoms with Crippen LogP contribution in [0.1, 0.15) is 0 Å². The molecule has 1 aromatic carbocycles. The van der Waals surface area contributed by atoms with E-state index >= 15 is 0 Å². The van der Waals surface area contributed by atoms with Gasteiger partial charge in [0, 0.05) is 5.69 Å². The largest absolute Gasteiger partial charge is 0.399 e. The summed E-state index contributed by atoms with van der Waals surface area (Å²) in [6.45, 7) is 0. The van der Waals surface area contributed by atoms with E-state index in [-0.39, 0.29) is 5.95 Å². The SMILES string of the molecule is Nc1ccc2nc(N)n(N)c2c1. The predicted molar refractivity (Wildman–Crippen MR) is 48.7 cm³/mol. The van der Waals surface area contributed by atoms with Crippen molar-refractivity contribution in [2.24, 2.45) is 0 Å². The summed E-state index contributed by atoms with van der Waals surface area (Å²) in [6.07, 6.45) is 0. The van der Waals surface area contributed by atoms with Gasteiger partial charge in [0.25, 0.3) is 0 Å². The summed E-state index contributed by atoms with van der Waals surface area (Å²) in [5.41, 5.74) is 13.2. The molecular formula is C7H9N5. The van der Waals surface area contributed by atoms with Crippen LogP contribution in [0.3, 0.4) is 0 Å². The standard InChI is InChI=1S/C7H9N5/c8-4-1-2-5-6(3-4)12(10)7(9)11-5/h1-3H,8,10H2,(H2,9,11). The maximum Gasteiger partial charge on any atom is 0.220 e. The van der Waals surface area contributed by atoms with E-state index in [1.54, 1.807) is 18.2 Å². The molecule has 0 aliphatic heterocycles. The third-order valence-corrected chi connectivity index (χ3v) is 1.74. The Hall–Kier alpha value is -1.91. The molecule has 5 heteroatoms. The fraction of sp³-hybridized carbons (Fsp3) is 0. The Morgan fingerprint density at radius 1 is 1.25 bits per heavy atom. The number of benzene rings is 1. The highest BCUT2D eigenvalue weighted by atomic mass is 15.4. The molecule has 0 atom stereocenters. The Balaban J connectivity index is 2.88. The third-order valence-electron chi connectivity index (χ3n) is 1.74. The molecule has 2 rings (SSSR count). The Labute approximate surface area is 68.7 Å². The molecule has 0 radical (unpaired) electrons. The molecule has 0 aliphatic rings. The maximum absolute atomic E-state index is 5.58. The van der Waals surface area contributed by atoms with Crippen LogP contribution in [0.2, 0.25) is 0 Å². The van der Waals surface area contributed by atoms with Crippen molar-refractivity contribution in [3.63, 3.8) is 0 Å². The number of nitrogens with two attached hydrogens (primary N) is 3. The van der Waals surface area contributed by atoms with E-state index in [0.717, 1.165) is 11.0 Å². The van der Waals surface area contributed by atoms with Crippen molar-refractivity contribution in [2.75, 3.05) is 17.3 Å². The number of imidazole rings is 1. The zero-order valence-electron chi connectivity index (χ0n) is 6.36. The topological polar surface area (TPSA) is 95.9 Å². The van der Waals surface area contributed by atoms with Crippen molar-refractivity contribution in [3.05, 3.63) is 18.2 Å². The van der Waals surface area contributed by atoms with Gasteiger partial charge in [-0.25, -0.2) is 9.66 Å². The molecule has 0 spiro atoms. The Kier molecular flexibility index (Phi) is 1.15. The molecule has 0 fully saturated rings. The predicted octanol–water partition coefficient (Wildman–Crippen LogP) is -0.0855. The van der Waals surface area contributed by atoms with Gasteiger partial charge < -0.3 is 17.3 Å². The van der Waals surface area contributed by atoms with Gasteiger partial charge in [-0.05, 0) is 18.2 Å². The van der Waals surface area contributed by atoms with Crippen molar-refractivity contribution in [3.8, 4) is 0 Å². The van der Waals surface area contributed by atoms with Crippen LogP contribution in [-0.2, 0) is 0 Å². The van der Waals surface area contributed by atoms with Crippen molar-refractivity contribution in [2.45, 2.75) is 0 Å². The van der Waals surface area contributed by atoms with E-state index in [1.807, 2.05) is 0 Å². The minimum atomic E-state index is 0.288. The highest BCUT2D eigenvalue weighted by Crippen LogP contribution is 2.17. The van der Waals surface area contributed by atoms with Crippen molar-refractivity contribution in [1.82, 2.24) is 9.66 Å². The van der Waals surface area contributed by atoms with E-state index in [2.05, 4.69) is 4.98 Å². The molecule has 0 aliphatic carbocycles. The van der Waals surface area contributed by atoms with Crippen LogP contribution < -0.4 is 17.3 Å². The minimum absolute atomic E-state index is 0.288. The molecule has 0 saturated carbocycles. The number of rotatable bonds is 0. The summed E-state index contributed by atoms with van der Waals surface area (Å²) < 4.78 is 1.31. The number of hydrogen-bond donors (Lipinski definition) is 3. The quantitative estimate of drug-likeness (QED) is 0.373. The number of anilines is 2. The Morgan fingerprint density at radius 2 is 2.00 bits per heavy atom. The fourth-order valence-electron chi connectivity index (χ4n) is 1.13. The second-order valence-corrected chi connectivity index (χ2v) is 2.59. The van der Waals surface area contributed by atoms with Gasteiger partial charge in [0.2, 0.25) is 5.95 Å².